The zero-order valence-corrected chi connectivity index (χ0v) is 24.4. The molecule has 11 nitrogen and oxygen atoms in total. The van der Waals surface area contributed by atoms with E-state index in [4.69, 9.17) is 14.2 Å². The molecule has 2 N–H and O–H groups in total. The average molecular weight is 570 g/mol. The van der Waals surface area contributed by atoms with Crippen LogP contribution in [0.1, 0.15) is 69.8 Å². The van der Waals surface area contributed by atoms with Gasteiger partial charge in [-0.2, -0.15) is 0 Å². The number of esters is 2. The second kappa shape index (κ2) is 15.4. The van der Waals surface area contributed by atoms with E-state index < -0.39 is 47.9 Å². The predicted molar refractivity (Wildman–Crippen MR) is 151 cm³/mol. The first-order valence-electron chi connectivity index (χ1n) is 13.3. The van der Waals surface area contributed by atoms with E-state index in [1.807, 2.05) is 19.9 Å². The molecule has 1 atom stereocenters. The van der Waals surface area contributed by atoms with E-state index >= 15 is 0 Å². The van der Waals surface area contributed by atoms with Gasteiger partial charge in [0.2, 0.25) is 5.91 Å². The minimum Gasteiger partial charge on any atom is -0.465 e. The number of ether oxygens (including phenoxy) is 3. The number of hydrazine groups is 1. The minimum atomic E-state index is -1.43. The van der Waals surface area contributed by atoms with Gasteiger partial charge in [0.05, 0.1) is 24.8 Å². The number of nitrogens with zero attached hydrogens (tertiary/aromatic N) is 1. The number of carbonyl (C=O) groups excluding carboxylic acids is 5. The van der Waals surface area contributed by atoms with Gasteiger partial charge in [0.15, 0.2) is 0 Å². The Hall–Kier alpha value is -4.41. The molecule has 0 spiro atoms. The van der Waals surface area contributed by atoms with Gasteiger partial charge >= 0.3 is 18.0 Å². The molecule has 0 radical (unpaired) electrons. The average Bonchev–Trinajstić information content (AvgIpc) is 2.92. The monoisotopic (exact) mass is 569 g/mol. The number of carbonyl (C=O) groups is 5. The third-order valence-electron chi connectivity index (χ3n) is 5.57. The van der Waals surface area contributed by atoms with Crippen molar-refractivity contribution < 1.29 is 38.2 Å². The van der Waals surface area contributed by atoms with Crippen molar-refractivity contribution in [3.63, 3.8) is 0 Å². The standard InChI is InChI=1S/C30H39N3O8/c1-20(2)12-17-25(34)33(23-15-13-22(14-16-23)28(37)39-6)32-27(36)24(31-29(38)41-30(3,4)5)18-26(35)40-19-21-10-8-7-9-11-21/h7-11,13-16,20,24H,12,17-19H2,1-6H3,(H,31,38)(H,32,36). The van der Waals surface area contributed by atoms with Gasteiger partial charge in [-0.05, 0) is 62.9 Å². The molecule has 0 aliphatic heterocycles. The van der Waals surface area contributed by atoms with Gasteiger partial charge in [0.25, 0.3) is 5.91 Å². The first kappa shape index (κ1) is 32.8. The fourth-order valence-corrected chi connectivity index (χ4v) is 3.47. The molecule has 0 fully saturated rings. The summed E-state index contributed by atoms with van der Waals surface area (Å²) in [4.78, 5) is 63.7. The molecule has 0 aliphatic carbocycles. The Morgan fingerprint density at radius 2 is 1.56 bits per heavy atom. The smallest absolute Gasteiger partial charge is 0.408 e. The van der Waals surface area contributed by atoms with Gasteiger partial charge in [-0.3, -0.25) is 19.8 Å². The maximum atomic E-state index is 13.4. The molecule has 11 heteroatoms. The van der Waals surface area contributed by atoms with Crippen molar-refractivity contribution in [2.75, 3.05) is 12.1 Å². The molecule has 2 aromatic rings. The molecule has 3 amide bonds. The lowest BCUT2D eigenvalue weighted by atomic mass is 10.1. The van der Waals surface area contributed by atoms with Gasteiger partial charge in [0, 0.05) is 6.42 Å². The van der Waals surface area contributed by atoms with Crippen molar-refractivity contribution in [3.8, 4) is 0 Å². The Morgan fingerprint density at radius 1 is 0.927 bits per heavy atom. The van der Waals surface area contributed by atoms with Crippen LogP contribution in [0.25, 0.3) is 0 Å². The Bertz CT molecular complexity index is 1190. The van der Waals surface area contributed by atoms with Gasteiger partial charge in [-0.15, -0.1) is 0 Å². The van der Waals surface area contributed by atoms with E-state index in [0.717, 1.165) is 10.6 Å². The van der Waals surface area contributed by atoms with Crippen LogP contribution in [-0.2, 0) is 35.2 Å². The van der Waals surface area contributed by atoms with Crippen molar-refractivity contribution >= 4 is 35.5 Å². The Balaban J connectivity index is 2.28. The summed E-state index contributed by atoms with van der Waals surface area (Å²) in [7, 11) is 1.25. The summed E-state index contributed by atoms with van der Waals surface area (Å²) in [6.45, 7) is 8.87. The molecular weight excluding hydrogens is 530 g/mol. The summed E-state index contributed by atoms with van der Waals surface area (Å²) in [6.07, 6.45) is -0.780. The number of hydrogen-bond donors (Lipinski definition) is 2. The zero-order valence-electron chi connectivity index (χ0n) is 24.4. The van der Waals surface area contributed by atoms with Gasteiger partial charge in [-0.25, -0.2) is 14.6 Å². The van der Waals surface area contributed by atoms with E-state index in [-0.39, 0.29) is 30.2 Å². The fourth-order valence-electron chi connectivity index (χ4n) is 3.47. The van der Waals surface area contributed by atoms with Gasteiger partial charge in [0.1, 0.15) is 18.2 Å². The number of benzene rings is 2. The lowest BCUT2D eigenvalue weighted by Crippen LogP contribution is -2.55. The van der Waals surface area contributed by atoms with Gasteiger partial charge < -0.3 is 19.5 Å². The molecule has 0 saturated heterocycles. The number of hydrogen-bond acceptors (Lipinski definition) is 8. The number of alkyl carbamates (subject to hydrolysis) is 1. The van der Waals surface area contributed by atoms with E-state index in [2.05, 4.69) is 10.7 Å². The van der Waals surface area contributed by atoms with Crippen molar-refractivity contribution in [2.45, 2.75) is 72.1 Å². The highest BCUT2D eigenvalue weighted by Crippen LogP contribution is 2.18. The highest BCUT2D eigenvalue weighted by Gasteiger charge is 2.30. The summed E-state index contributed by atoms with van der Waals surface area (Å²) >= 11 is 0. The van der Waals surface area contributed by atoms with Crippen LogP contribution in [0.15, 0.2) is 54.6 Å². The first-order valence-corrected chi connectivity index (χ1v) is 13.3. The van der Waals surface area contributed by atoms with E-state index in [1.165, 1.54) is 31.4 Å². The molecular formula is C30H39N3O8. The summed E-state index contributed by atoms with van der Waals surface area (Å²) in [6, 6.07) is 13.4. The fraction of sp³-hybridized carbons (Fsp3) is 0.433. The van der Waals surface area contributed by atoms with Crippen LogP contribution in [0.5, 0.6) is 0 Å². The number of methoxy groups -OCH3 is 1. The Labute approximate surface area is 240 Å². The maximum absolute atomic E-state index is 13.4. The van der Waals surface area contributed by atoms with Crippen molar-refractivity contribution in [1.82, 2.24) is 10.7 Å². The van der Waals surface area contributed by atoms with E-state index in [0.29, 0.717) is 6.42 Å². The Kier molecular flexibility index (Phi) is 12.3. The molecule has 0 saturated carbocycles. The molecule has 41 heavy (non-hydrogen) atoms. The summed E-state index contributed by atoms with van der Waals surface area (Å²) in [5, 5.41) is 3.44. The van der Waals surface area contributed by atoms with Crippen LogP contribution in [-0.4, -0.2) is 48.6 Å². The van der Waals surface area contributed by atoms with Crippen LogP contribution < -0.4 is 15.8 Å². The number of nitrogens with one attached hydrogen (secondary N) is 2. The molecule has 0 aliphatic rings. The third-order valence-corrected chi connectivity index (χ3v) is 5.57. The first-order chi connectivity index (χ1) is 19.3. The molecule has 1 unspecified atom stereocenters. The van der Waals surface area contributed by atoms with E-state index in [9.17, 15) is 24.0 Å². The SMILES string of the molecule is COC(=O)c1ccc(N(NC(=O)C(CC(=O)OCc2ccccc2)NC(=O)OC(C)(C)C)C(=O)CCC(C)C)cc1. The maximum Gasteiger partial charge on any atom is 0.408 e. The number of amides is 3. The minimum absolute atomic E-state index is 0.0210. The van der Waals surface area contributed by atoms with Crippen LogP contribution in [0, 0.1) is 5.92 Å². The molecule has 2 rings (SSSR count). The second-order valence-corrected chi connectivity index (χ2v) is 10.7. The van der Waals surface area contributed by atoms with Crippen LogP contribution in [0.2, 0.25) is 0 Å². The highest BCUT2D eigenvalue weighted by atomic mass is 16.6. The van der Waals surface area contributed by atoms with Crippen molar-refractivity contribution in [3.05, 3.63) is 65.7 Å². The van der Waals surface area contributed by atoms with Gasteiger partial charge in [-0.1, -0.05) is 44.2 Å². The van der Waals surface area contributed by atoms with Crippen LogP contribution >= 0.6 is 0 Å². The Morgan fingerprint density at radius 3 is 2.12 bits per heavy atom. The zero-order chi connectivity index (χ0) is 30.6. The summed E-state index contributed by atoms with van der Waals surface area (Å²) in [5.74, 6) is -2.36. The summed E-state index contributed by atoms with van der Waals surface area (Å²) in [5.41, 5.74) is 2.92. The van der Waals surface area contributed by atoms with Crippen LogP contribution in [0.3, 0.4) is 0 Å². The van der Waals surface area contributed by atoms with Crippen LogP contribution in [0.4, 0.5) is 10.5 Å². The van der Waals surface area contributed by atoms with Crippen molar-refractivity contribution in [2.24, 2.45) is 5.92 Å². The molecule has 0 bridgehead atoms. The second-order valence-electron chi connectivity index (χ2n) is 10.7. The molecule has 222 valence electrons. The lowest BCUT2D eigenvalue weighted by molar-refractivity contribution is -0.147. The largest absolute Gasteiger partial charge is 0.465 e. The molecule has 0 heterocycles. The van der Waals surface area contributed by atoms with E-state index in [1.54, 1.807) is 45.0 Å². The lowest BCUT2D eigenvalue weighted by Gasteiger charge is -2.27. The van der Waals surface area contributed by atoms with Crippen molar-refractivity contribution in [1.29, 1.82) is 0 Å². The summed E-state index contributed by atoms with van der Waals surface area (Å²) < 4.78 is 15.3. The predicted octanol–water partition coefficient (Wildman–Crippen LogP) is 4.30. The number of rotatable bonds is 11. The quantitative estimate of drug-likeness (QED) is 0.232. The molecule has 0 aromatic heterocycles. The number of anilines is 1. The topological polar surface area (TPSA) is 140 Å². The highest BCUT2D eigenvalue weighted by molar-refractivity contribution is 5.99. The third kappa shape index (κ3) is 11.7. The normalized spacial score (nSPS) is 11.7. The molecule has 2 aromatic carbocycles.